The van der Waals surface area contributed by atoms with Gasteiger partial charge in [-0.3, -0.25) is 5.10 Å². The summed E-state index contributed by atoms with van der Waals surface area (Å²) >= 11 is 4.91. The number of nitrogens with one attached hydrogen (secondary N) is 1. The van der Waals surface area contributed by atoms with Crippen LogP contribution in [-0.2, 0) is 13.5 Å². The molecule has 1 aromatic heterocycles. The molecule has 0 aliphatic heterocycles. The summed E-state index contributed by atoms with van der Waals surface area (Å²) in [5.41, 5.74) is 0. The van der Waals surface area contributed by atoms with Crippen LogP contribution in [0.2, 0.25) is 0 Å². The third kappa shape index (κ3) is 1.87. The van der Waals surface area contributed by atoms with E-state index in [-0.39, 0.29) is 6.61 Å². The highest BCUT2D eigenvalue weighted by molar-refractivity contribution is 7.71. The number of aromatic amines is 1. The van der Waals surface area contributed by atoms with Gasteiger partial charge in [0.25, 0.3) is 0 Å². The molecule has 1 rings (SSSR count). The van der Waals surface area contributed by atoms with Gasteiger partial charge in [-0.15, -0.1) is 0 Å². The van der Waals surface area contributed by atoms with Gasteiger partial charge in [-0.2, -0.15) is 5.10 Å². The van der Waals surface area contributed by atoms with Crippen molar-refractivity contribution in [3.05, 3.63) is 10.6 Å². The van der Waals surface area contributed by atoms with Gasteiger partial charge in [0.05, 0.1) is 0 Å². The predicted octanol–water partition coefficient (Wildman–Crippen LogP) is 0.403. The first kappa shape index (κ1) is 8.42. The molecular formula is C6H11N3OS. The lowest BCUT2D eigenvalue weighted by molar-refractivity contribution is 0.287. The molecule has 0 saturated heterocycles. The van der Waals surface area contributed by atoms with Crippen molar-refractivity contribution < 1.29 is 5.11 Å². The molecule has 11 heavy (non-hydrogen) atoms. The second kappa shape index (κ2) is 3.64. The van der Waals surface area contributed by atoms with Gasteiger partial charge in [0, 0.05) is 20.1 Å². The average Bonchev–Trinajstić information content (AvgIpc) is 2.31. The van der Waals surface area contributed by atoms with Crippen molar-refractivity contribution >= 4 is 12.2 Å². The number of aliphatic hydroxyl groups is 1. The van der Waals surface area contributed by atoms with Crippen molar-refractivity contribution in [2.24, 2.45) is 7.05 Å². The van der Waals surface area contributed by atoms with Gasteiger partial charge in [-0.1, -0.05) is 0 Å². The van der Waals surface area contributed by atoms with Crippen LogP contribution in [0.15, 0.2) is 0 Å². The summed E-state index contributed by atoms with van der Waals surface area (Å²) in [6, 6.07) is 0. The number of hydrogen-bond donors (Lipinski definition) is 2. The smallest absolute Gasteiger partial charge is 0.194 e. The molecule has 1 heterocycles. The number of H-pyrrole nitrogens is 1. The molecule has 0 atom stereocenters. The zero-order valence-electron chi connectivity index (χ0n) is 6.37. The standard InChI is InChI=1S/C6H11N3OS/c1-9-5(3-2-4-10)7-8-6(9)11/h10H,2-4H2,1H3,(H,8,11). The Morgan fingerprint density at radius 1 is 1.73 bits per heavy atom. The van der Waals surface area contributed by atoms with E-state index in [0.717, 1.165) is 18.7 Å². The molecule has 0 saturated carbocycles. The van der Waals surface area contributed by atoms with Gasteiger partial charge >= 0.3 is 0 Å². The largest absolute Gasteiger partial charge is 0.396 e. The first-order chi connectivity index (χ1) is 5.25. The van der Waals surface area contributed by atoms with Crippen molar-refractivity contribution in [1.82, 2.24) is 14.8 Å². The summed E-state index contributed by atoms with van der Waals surface area (Å²) in [4.78, 5) is 0. The van der Waals surface area contributed by atoms with Crippen LogP contribution in [-0.4, -0.2) is 26.5 Å². The van der Waals surface area contributed by atoms with Gasteiger partial charge in [-0.25, -0.2) is 0 Å². The van der Waals surface area contributed by atoms with Gasteiger partial charge in [0.1, 0.15) is 5.82 Å². The third-order valence-corrected chi connectivity index (χ3v) is 1.90. The lowest BCUT2D eigenvalue weighted by Gasteiger charge is -1.96. The molecule has 2 N–H and O–H groups in total. The number of aliphatic hydroxyl groups excluding tert-OH is 1. The maximum absolute atomic E-state index is 8.55. The van der Waals surface area contributed by atoms with E-state index in [9.17, 15) is 0 Å². The average molecular weight is 173 g/mol. The SMILES string of the molecule is Cn1c(CCCO)n[nH]c1=S. The van der Waals surface area contributed by atoms with Crippen LogP contribution in [0, 0.1) is 4.77 Å². The maximum atomic E-state index is 8.55. The molecule has 0 bridgehead atoms. The van der Waals surface area contributed by atoms with Crippen molar-refractivity contribution in [2.75, 3.05) is 6.61 Å². The molecule has 0 aliphatic carbocycles. The maximum Gasteiger partial charge on any atom is 0.194 e. The minimum atomic E-state index is 0.194. The predicted molar refractivity (Wildman–Crippen MR) is 43.8 cm³/mol. The highest BCUT2D eigenvalue weighted by Gasteiger charge is 1.99. The molecule has 5 heteroatoms. The van der Waals surface area contributed by atoms with Crippen molar-refractivity contribution in [3.8, 4) is 0 Å². The Balaban J connectivity index is 2.71. The molecular weight excluding hydrogens is 162 g/mol. The van der Waals surface area contributed by atoms with E-state index in [4.69, 9.17) is 17.3 Å². The molecule has 62 valence electrons. The summed E-state index contributed by atoms with van der Waals surface area (Å²) < 4.78 is 2.43. The normalized spacial score (nSPS) is 10.4. The quantitative estimate of drug-likeness (QED) is 0.651. The minimum absolute atomic E-state index is 0.194. The number of nitrogens with zero attached hydrogens (tertiary/aromatic N) is 2. The highest BCUT2D eigenvalue weighted by Crippen LogP contribution is 1.97. The summed E-state index contributed by atoms with van der Waals surface area (Å²) in [5, 5.41) is 15.2. The van der Waals surface area contributed by atoms with E-state index in [2.05, 4.69) is 10.2 Å². The lowest BCUT2D eigenvalue weighted by Crippen LogP contribution is -1.99. The Hall–Kier alpha value is -0.680. The summed E-state index contributed by atoms with van der Waals surface area (Å²) in [6.07, 6.45) is 1.49. The number of aromatic nitrogens is 3. The Morgan fingerprint density at radius 3 is 2.91 bits per heavy atom. The summed E-state index contributed by atoms with van der Waals surface area (Å²) in [7, 11) is 1.86. The second-order valence-electron chi connectivity index (χ2n) is 2.33. The topological polar surface area (TPSA) is 53.8 Å². The van der Waals surface area contributed by atoms with Crippen LogP contribution < -0.4 is 0 Å². The molecule has 0 unspecified atom stereocenters. The van der Waals surface area contributed by atoms with Gasteiger partial charge in [0.15, 0.2) is 4.77 Å². The molecule has 1 aromatic rings. The fourth-order valence-corrected chi connectivity index (χ4v) is 0.991. The first-order valence-corrected chi connectivity index (χ1v) is 3.87. The lowest BCUT2D eigenvalue weighted by atomic mass is 10.3. The molecule has 0 amide bonds. The van der Waals surface area contributed by atoms with Crippen LogP contribution >= 0.6 is 12.2 Å². The van der Waals surface area contributed by atoms with Crippen LogP contribution in [0.25, 0.3) is 0 Å². The molecule has 0 spiro atoms. The summed E-state index contributed by atoms with van der Waals surface area (Å²) in [6.45, 7) is 0.194. The molecule has 0 radical (unpaired) electrons. The number of rotatable bonds is 3. The number of hydrogen-bond acceptors (Lipinski definition) is 3. The van der Waals surface area contributed by atoms with Crippen molar-refractivity contribution in [1.29, 1.82) is 0 Å². The Morgan fingerprint density at radius 2 is 2.45 bits per heavy atom. The number of aryl methyl sites for hydroxylation is 1. The van der Waals surface area contributed by atoms with Crippen LogP contribution in [0.4, 0.5) is 0 Å². The second-order valence-corrected chi connectivity index (χ2v) is 2.72. The van der Waals surface area contributed by atoms with E-state index < -0.39 is 0 Å². The van der Waals surface area contributed by atoms with E-state index in [1.807, 2.05) is 11.6 Å². The molecule has 0 aromatic carbocycles. The zero-order chi connectivity index (χ0) is 8.27. The van der Waals surface area contributed by atoms with E-state index in [1.54, 1.807) is 0 Å². The highest BCUT2D eigenvalue weighted by atomic mass is 32.1. The Labute approximate surface area is 69.9 Å². The third-order valence-electron chi connectivity index (χ3n) is 1.53. The van der Waals surface area contributed by atoms with Crippen LogP contribution in [0.5, 0.6) is 0 Å². The van der Waals surface area contributed by atoms with Gasteiger partial charge in [-0.05, 0) is 18.6 Å². The first-order valence-electron chi connectivity index (χ1n) is 3.47. The van der Waals surface area contributed by atoms with Crippen LogP contribution in [0.1, 0.15) is 12.2 Å². The van der Waals surface area contributed by atoms with Crippen molar-refractivity contribution in [3.63, 3.8) is 0 Å². The minimum Gasteiger partial charge on any atom is -0.396 e. The molecule has 0 fully saturated rings. The fourth-order valence-electron chi connectivity index (χ4n) is 0.840. The molecule has 0 aliphatic rings. The fraction of sp³-hybridized carbons (Fsp3) is 0.667. The Bertz CT molecular complexity index is 278. The van der Waals surface area contributed by atoms with Crippen molar-refractivity contribution in [2.45, 2.75) is 12.8 Å². The summed E-state index contributed by atoms with van der Waals surface area (Å²) in [5.74, 6) is 0.893. The molecule has 4 nitrogen and oxygen atoms in total. The zero-order valence-corrected chi connectivity index (χ0v) is 7.19. The van der Waals surface area contributed by atoms with E-state index >= 15 is 0 Å². The van der Waals surface area contributed by atoms with E-state index in [1.165, 1.54) is 0 Å². The Kier molecular flexibility index (Phi) is 2.78. The van der Waals surface area contributed by atoms with Gasteiger partial charge in [0.2, 0.25) is 0 Å². The monoisotopic (exact) mass is 173 g/mol. The van der Waals surface area contributed by atoms with Gasteiger partial charge < -0.3 is 9.67 Å². The van der Waals surface area contributed by atoms with E-state index in [0.29, 0.717) is 4.77 Å². The van der Waals surface area contributed by atoms with Crippen LogP contribution in [0.3, 0.4) is 0 Å².